The first-order valence-corrected chi connectivity index (χ1v) is 6.97. The molecule has 3 nitrogen and oxygen atoms in total. The van der Waals surface area contributed by atoms with Crippen molar-refractivity contribution in [3.8, 4) is 0 Å². The van der Waals surface area contributed by atoms with Crippen molar-refractivity contribution in [1.29, 1.82) is 0 Å². The van der Waals surface area contributed by atoms with Gasteiger partial charge in [0.25, 0.3) is 0 Å². The number of benzene rings is 2. The number of carbonyl (C=O) groups excluding carboxylic acids is 1. The number of carbonyl (C=O) groups is 1. The highest BCUT2D eigenvalue weighted by molar-refractivity contribution is 5.85. The zero-order valence-corrected chi connectivity index (χ0v) is 13.6. The lowest BCUT2D eigenvalue weighted by Crippen LogP contribution is -2.44. The maximum absolute atomic E-state index is 12.2. The molecule has 0 unspecified atom stereocenters. The van der Waals surface area contributed by atoms with Crippen molar-refractivity contribution < 1.29 is 4.79 Å². The SMILES string of the molecule is CC(C)[C@@H](N)C(=O)N(C)Cc1ccc2ccccc2c1.Cl. The number of halogens is 1. The first-order chi connectivity index (χ1) is 9.49. The Kier molecular flexibility index (Phi) is 6.19. The van der Waals surface area contributed by atoms with Crippen LogP contribution < -0.4 is 5.73 Å². The normalized spacial score (nSPS) is 12.0. The molecule has 0 spiro atoms. The van der Waals surface area contributed by atoms with E-state index in [9.17, 15) is 4.79 Å². The van der Waals surface area contributed by atoms with Gasteiger partial charge in [0, 0.05) is 13.6 Å². The molecule has 0 heterocycles. The van der Waals surface area contributed by atoms with Crippen molar-refractivity contribution in [2.24, 2.45) is 11.7 Å². The summed E-state index contributed by atoms with van der Waals surface area (Å²) in [6.07, 6.45) is 0. The molecule has 0 saturated carbocycles. The summed E-state index contributed by atoms with van der Waals surface area (Å²) in [6, 6.07) is 14.1. The van der Waals surface area contributed by atoms with Crippen molar-refractivity contribution in [2.75, 3.05) is 7.05 Å². The average Bonchev–Trinajstić information content (AvgIpc) is 2.45. The van der Waals surface area contributed by atoms with Crippen LogP contribution in [0.25, 0.3) is 10.8 Å². The summed E-state index contributed by atoms with van der Waals surface area (Å²) >= 11 is 0. The van der Waals surface area contributed by atoms with E-state index >= 15 is 0 Å². The van der Waals surface area contributed by atoms with E-state index in [0.29, 0.717) is 6.54 Å². The van der Waals surface area contributed by atoms with E-state index < -0.39 is 6.04 Å². The van der Waals surface area contributed by atoms with Gasteiger partial charge in [-0.2, -0.15) is 0 Å². The molecule has 0 saturated heterocycles. The molecule has 2 rings (SSSR count). The molecule has 0 aliphatic heterocycles. The van der Waals surface area contributed by atoms with Gasteiger partial charge in [-0.05, 0) is 28.3 Å². The zero-order valence-electron chi connectivity index (χ0n) is 12.7. The minimum Gasteiger partial charge on any atom is -0.340 e. The Bertz CT molecular complexity index is 613. The van der Waals surface area contributed by atoms with Crippen LogP contribution >= 0.6 is 12.4 Å². The minimum absolute atomic E-state index is 0. The number of likely N-dealkylation sites (N-methyl/N-ethyl adjacent to an activating group) is 1. The van der Waals surface area contributed by atoms with E-state index in [1.807, 2.05) is 26.0 Å². The highest BCUT2D eigenvalue weighted by Crippen LogP contribution is 2.17. The number of hydrogen-bond donors (Lipinski definition) is 1. The number of rotatable bonds is 4. The predicted molar refractivity (Wildman–Crippen MR) is 90.5 cm³/mol. The lowest BCUT2D eigenvalue weighted by Gasteiger charge is -2.23. The highest BCUT2D eigenvalue weighted by Gasteiger charge is 2.20. The molecule has 114 valence electrons. The van der Waals surface area contributed by atoms with E-state index in [4.69, 9.17) is 5.73 Å². The summed E-state index contributed by atoms with van der Waals surface area (Å²) in [5, 5.41) is 2.41. The summed E-state index contributed by atoms with van der Waals surface area (Å²) in [5.41, 5.74) is 7.03. The fourth-order valence-electron chi connectivity index (χ4n) is 2.23. The van der Waals surface area contributed by atoms with E-state index in [-0.39, 0.29) is 24.2 Å². The van der Waals surface area contributed by atoms with Crippen LogP contribution in [0.2, 0.25) is 0 Å². The van der Waals surface area contributed by atoms with Crippen LogP contribution in [0.5, 0.6) is 0 Å². The first kappa shape index (κ1) is 17.5. The third-order valence-corrected chi connectivity index (χ3v) is 3.61. The lowest BCUT2D eigenvalue weighted by molar-refractivity contribution is -0.132. The third kappa shape index (κ3) is 4.19. The Morgan fingerprint density at radius 1 is 1.14 bits per heavy atom. The van der Waals surface area contributed by atoms with Crippen LogP contribution in [0.4, 0.5) is 0 Å². The Balaban J connectivity index is 0.00000220. The van der Waals surface area contributed by atoms with E-state index in [2.05, 4.69) is 30.3 Å². The third-order valence-electron chi connectivity index (χ3n) is 3.61. The predicted octanol–water partition coefficient (Wildman–Crippen LogP) is 3.20. The van der Waals surface area contributed by atoms with Gasteiger partial charge in [-0.15, -0.1) is 12.4 Å². The molecule has 0 fully saturated rings. The van der Waals surface area contributed by atoms with Crippen LogP contribution in [0, 0.1) is 5.92 Å². The number of nitrogens with zero attached hydrogens (tertiary/aromatic N) is 1. The Morgan fingerprint density at radius 2 is 1.76 bits per heavy atom. The molecule has 2 N–H and O–H groups in total. The molecule has 4 heteroatoms. The zero-order chi connectivity index (χ0) is 14.7. The van der Waals surface area contributed by atoms with Gasteiger partial charge in [0.05, 0.1) is 6.04 Å². The topological polar surface area (TPSA) is 46.3 Å². The molecule has 0 radical (unpaired) electrons. The minimum atomic E-state index is -0.430. The molecular weight excluding hydrogens is 284 g/mol. The van der Waals surface area contributed by atoms with Gasteiger partial charge < -0.3 is 10.6 Å². The molecule has 21 heavy (non-hydrogen) atoms. The van der Waals surface area contributed by atoms with Crippen molar-refractivity contribution in [3.63, 3.8) is 0 Å². The summed E-state index contributed by atoms with van der Waals surface area (Å²) in [5.74, 6) is 0.148. The Hall–Kier alpha value is -1.58. The summed E-state index contributed by atoms with van der Waals surface area (Å²) < 4.78 is 0. The molecule has 0 aromatic heterocycles. The Morgan fingerprint density at radius 3 is 2.38 bits per heavy atom. The number of fused-ring (bicyclic) bond motifs is 1. The highest BCUT2D eigenvalue weighted by atomic mass is 35.5. The summed E-state index contributed by atoms with van der Waals surface area (Å²) in [4.78, 5) is 13.9. The molecule has 2 aromatic carbocycles. The second-order valence-corrected chi connectivity index (χ2v) is 5.65. The number of nitrogens with two attached hydrogens (primary N) is 1. The smallest absolute Gasteiger partial charge is 0.239 e. The molecular formula is C17H23ClN2O. The van der Waals surface area contributed by atoms with Crippen molar-refractivity contribution in [1.82, 2.24) is 4.90 Å². The monoisotopic (exact) mass is 306 g/mol. The van der Waals surface area contributed by atoms with Crippen LogP contribution in [0.15, 0.2) is 42.5 Å². The molecule has 0 bridgehead atoms. The van der Waals surface area contributed by atoms with Gasteiger partial charge in [0.15, 0.2) is 0 Å². The van der Waals surface area contributed by atoms with E-state index in [1.54, 1.807) is 11.9 Å². The van der Waals surface area contributed by atoms with E-state index in [1.165, 1.54) is 10.8 Å². The number of hydrogen-bond acceptors (Lipinski definition) is 2. The standard InChI is InChI=1S/C17H22N2O.ClH/c1-12(2)16(18)17(20)19(3)11-13-8-9-14-6-4-5-7-15(14)10-13;/h4-10,12,16H,11,18H2,1-3H3;1H/t16-;/m1./s1. The van der Waals surface area contributed by atoms with Crippen molar-refractivity contribution in [2.45, 2.75) is 26.4 Å². The Labute approximate surface area is 132 Å². The molecule has 0 aliphatic carbocycles. The average molecular weight is 307 g/mol. The van der Waals surface area contributed by atoms with Gasteiger partial charge in [0.1, 0.15) is 0 Å². The van der Waals surface area contributed by atoms with Crippen molar-refractivity contribution >= 4 is 29.1 Å². The molecule has 1 atom stereocenters. The quantitative estimate of drug-likeness (QED) is 0.943. The van der Waals surface area contributed by atoms with Gasteiger partial charge in [-0.3, -0.25) is 4.79 Å². The van der Waals surface area contributed by atoms with Crippen LogP contribution in [-0.4, -0.2) is 23.9 Å². The summed E-state index contributed by atoms with van der Waals surface area (Å²) in [6.45, 7) is 4.52. The summed E-state index contributed by atoms with van der Waals surface area (Å²) in [7, 11) is 1.81. The second kappa shape index (κ2) is 7.43. The first-order valence-electron chi connectivity index (χ1n) is 6.97. The van der Waals surface area contributed by atoms with Gasteiger partial charge in [0.2, 0.25) is 5.91 Å². The molecule has 1 amide bonds. The van der Waals surface area contributed by atoms with Crippen LogP contribution in [0.1, 0.15) is 19.4 Å². The maximum Gasteiger partial charge on any atom is 0.239 e. The molecule has 0 aliphatic rings. The largest absolute Gasteiger partial charge is 0.340 e. The van der Waals surface area contributed by atoms with Gasteiger partial charge >= 0.3 is 0 Å². The second-order valence-electron chi connectivity index (χ2n) is 5.65. The molecule has 2 aromatic rings. The van der Waals surface area contributed by atoms with Gasteiger partial charge in [-0.1, -0.05) is 50.2 Å². The van der Waals surface area contributed by atoms with Crippen LogP contribution in [0.3, 0.4) is 0 Å². The van der Waals surface area contributed by atoms with Crippen LogP contribution in [-0.2, 0) is 11.3 Å². The lowest BCUT2D eigenvalue weighted by atomic mass is 10.0. The maximum atomic E-state index is 12.2. The van der Waals surface area contributed by atoms with Gasteiger partial charge in [-0.25, -0.2) is 0 Å². The fraction of sp³-hybridized carbons (Fsp3) is 0.353. The van der Waals surface area contributed by atoms with Crippen molar-refractivity contribution in [3.05, 3.63) is 48.0 Å². The van der Waals surface area contributed by atoms with E-state index in [0.717, 1.165) is 5.56 Å². The number of amides is 1. The fourth-order valence-corrected chi connectivity index (χ4v) is 2.23.